The summed E-state index contributed by atoms with van der Waals surface area (Å²) in [6.07, 6.45) is 4.42. The highest BCUT2D eigenvalue weighted by Gasteiger charge is 2.32. The number of anilines is 1. The zero-order valence-corrected chi connectivity index (χ0v) is 15.9. The van der Waals surface area contributed by atoms with Crippen LogP contribution in [0.5, 0.6) is 0 Å². The van der Waals surface area contributed by atoms with Crippen LogP contribution in [0.15, 0.2) is 41.5 Å². The van der Waals surface area contributed by atoms with Crippen LogP contribution in [-0.2, 0) is 16.9 Å². The van der Waals surface area contributed by atoms with Crippen molar-refractivity contribution in [1.82, 2.24) is 29.8 Å². The standard InChI is InChI=1S/C18H19N7O2S/c26-18-3-2-17(24-6-1-5-19-24)23-25(18)15-10-27-9-14(15)20-16-8-12-11-28-7-4-13(12)21-22-16/h1-3,5-6,8,14-15H,4,7,9-11H2,(H,20,22). The highest BCUT2D eigenvalue weighted by molar-refractivity contribution is 7.98. The number of thioether (sulfide) groups is 1. The van der Waals surface area contributed by atoms with Gasteiger partial charge in [0, 0.05) is 30.6 Å². The van der Waals surface area contributed by atoms with E-state index in [-0.39, 0.29) is 17.6 Å². The topological polar surface area (TPSA) is 99.8 Å². The van der Waals surface area contributed by atoms with Crippen molar-refractivity contribution in [2.45, 2.75) is 24.3 Å². The van der Waals surface area contributed by atoms with E-state index in [1.54, 1.807) is 23.1 Å². The van der Waals surface area contributed by atoms with E-state index < -0.39 is 0 Å². The van der Waals surface area contributed by atoms with Crippen LogP contribution in [-0.4, -0.2) is 54.8 Å². The quantitative estimate of drug-likeness (QED) is 0.698. The van der Waals surface area contributed by atoms with Gasteiger partial charge in [-0.3, -0.25) is 4.79 Å². The average Bonchev–Trinajstić information content (AvgIpc) is 3.41. The normalized spacial score (nSPS) is 21.4. The van der Waals surface area contributed by atoms with Gasteiger partial charge in [-0.25, -0.2) is 9.36 Å². The second-order valence-electron chi connectivity index (χ2n) is 6.78. The lowest BCUT2D eigenvalue weighted by atomic mass is 10.1. The van der Waals surface area contributed by atoms with Crippen LogP contribution in [0.3, 0.4) is 0 Å². The Labute approximate surface area is 165 Å². The molecule has 1 fully saturated rings. The molecule has 2 aliphatic heterocycles. The summed E-state index contributed by atoms with van der Waals surface area (Å²) in [5, 5.41) is 20.8. The molecule has 1 N–H and O–H groups in total. The van der Waals surface area contributed by atoms with Gasteiger partial charge in [-0.05, 0) is 29.5 Å². The predicted octanol–water partition coefficient (Wildman–Crippen LogP) is 1.06. The van der Waals surface area contributed by atoms with Gasteiger partial charge in [0.25, 0.3) is 5.56 Å². The van der Waals surface area contributed by atoms with Gasteiger partial charge in [0.1, 0.15) is 11.9 Å². The van der Waals surface area contributed by atoms with E-state index in [1.807, 2.05) is 17.8 Å². The number of hydrogen-bond donors (Lipinski definition) is 1. The summed E-state index contributed by atoms with van der Waals surface area (Å²) in [7, 11) is 0. The third-order valence-corrected chi connectivity index (χ3v) is 5.96. The van der Waals surface area contributed by atoms with Crippen molar-refractivity contribution in [1.29, 1.82) is 0 Å². The van der Waals surface area contributed by atoms with Gasteiger partial charge in [-0.2, -0.15) is 22.0 Å². The third kappa shape index (κ3) is 3.29. The molecule has 3 aromatic rings. The Hall–Kier alpha value is -2.72. The summed E-state index contributed by atoms with van der Waals surface area (Å²) in [6.45, 7) is 0.875. The maximum atomic E-state index is 12.5. The summed E-state index contributed by atoms with van der Waals surface area (Å²) >= 11 is 1.90. The Bertz CT molecular complexity index is 1040. The molecule has 0 amide bonds. The molecule has 1 saturated heterocycles. The minimum Gasteiger partial charge on any atom is -0.377 e. The molecule has 0 saturated carbocycles. The van der Waals surface area contributed by atoms with E-state index >= 15 is 0 Å². The van der Waals surface area contributed by atoms with E-state index in [0.717, 1.165) is 23.6 Å². The van der Waals surface area contributed by atoms with Crippen molar-refractivity contribution < 1.29 is 4.74 Å². The van der Waals surface area contributed by atoms with Gasteiger partial charge in [-0.1, -0.05) is 0 Å². The highest BCUT2D eigenvalue weighted by Crippen LogP contribution is 2.26. The van der Waals surface area contributed by atoms with Gasteiger partial charge < -0.3 is 10.1 Å². The monoisotopic (exact) mass is 397 g/mol. The third-order valence-electron chi connectivity index (χ3n) is 4.95. The Kier molecular flexibility index (Phi) is 4.57. The van der Waals surface area contributed by atoms with Crippen LogP contribution in [0.1, 0.15) is 17.3 Å². The molecule has 5 rings (SSSR count). The maximum Gasteiger partial charge on any atom is 0.267 e. The summed E-state index contributed by atoms with van der Waals surface area (Å²) in [5.41, 5.74) is 2.12. The van der Waals surface area contributed by atoms with Gasteiger partial charge >= 0.3 is 0 Å². The molecule has 2 unspecified atom stereocenters. The molecule has 144 valence electrons. The lowest BCUT2D eigenvalue weighted by Crippen LogP contribution is -2.37. The smallest absolute Gasteiger partial charge is 0.267 e. The Morgan fingerprint density at radius 3 is 3.11 bits per heavy atom. The van der Waals surface area contributed by atoms with Crippen molar-refractivity contribution in [3.8, 4) is 5.82 Å². The molecule has 2 aliphatic rings. The SMILES string of the molecule is O=c1ccc(-n2cccn2)nn1C1COCC1Nc1cc2c(nn1)CCSC2. The molecule has 9 nitrogen and oxygen atoms in total. The summed E-state index contributed by atoms with van der Waals surface area (Å²) in [6, 6.07) is 6.68. The fourth-order valence-corrected chi connectivity index (χ4v) is 4.46. The number of fused-ring (bicyclic) bond motifs is 1. The highest BCUT2D eigenvalue weighted by atomic mass is 32.2. The molecule has 0 aromatic carbocycles. The summed E-state index contributed by atoms with van der Waals surface area (Å²) in [4.78, 5) is 12.5. The van der Waals surface area contributed by atoms with E-state index in [2.05, 4.69) is 31.8 Å². The molecule has 0 radical (unpaired) electrons. The minimum atomic E-state index is -0.241. The molecule has 2 atom stereocenters. The van der Waals surface area contributed by atoms with Crippen LogP contribution in [0.25, 0.3) is 5.82 Å². The number of rotatable bonds is 4. The lowest BCUT2D eigenvalue weighted by molar-refractivity contribution is 0.182. The molecule has 0 aliphatic carbocycles. The van der Waals surface area contributed by atoms with Crippen molar-refractivity contribution in [3.05, 3.63) is 58.3 Å². The molecule has 28 heavy (non-hydrogen) atoms. The summed E-state index contributed by atoms with van der Waals surface area (Å²) < 4.78 is 8.76. The lowest BCUT2D eigenvalue weighted by Gasteiger charge is -2.22. The molecular formula is C18H19N7O2S. The number of ether oxygens (including phenoxy) is 1. The predicted molar refractivity (Wildman–Crippen MR) is 105 cm³/mol. The number of nitrogens with zero attached hydrogens (tertiary/aromatic N) is 6. The molecular weight excluding hydrogens is 378 g/mol. The number of hydrogen-bond acceptors (Lipinski definition) is 8. The van der Waals surface area contributed by atoms with Crippen LogP contribution >= 0.6 is 11.8 Å². The zero-order chi connectivity index (χ0) is 18.9. The fraction of sp³-hybridized carbons (Fsp3) is 0.389. The van der Waals surface area contributed by atoms with Crippen LogP contribution in [0, 0.1) is 0 Å². The van der Waals surface area contributed by atoms with Crippen LogP contribution in [0.4, 0.5) is 5.82 Å². The second kappa shape index (κ2) is 7.36. The average molecular weight is 397 g/mol. The van der Waals surface area contributed by atoms with Gasteiger partial charge in [0.05, 0.1) is 24.9 Å². The fourth-order valence-electron chi connectivity index (χ4n) is 3.50. The van der Waals surface area contributed by atoms with Crippen molar-refractivity contribution >= 4 is 17.6 Å². The second-order valence-corrected chi connectivity index (χ2v) is 7.89. The van der Waals surface area contributed by atoms with Crippen molar-refractivity contribution in [2.24, 2.45) is 0 Å². The Balaban J connectivity index is 1.41. The molecule has 0 spiro atoms. The van der Waals surface area contributed by atoms with Crippen molar-refractivity contribution in [2.75, 3.05) is 24.3 Å². The largest absolute Gasteiger partial charge is 0.377 e. The Morgan fingerprint density at radius 1 is 1.25 bits per heavy atom. The first-order chi connectivity index (χ1) is 13.8. The first-order valence-electron chi connectivity index (χ1n) is 9.15. The maximum absolute atomic E-state index is 12.5. The number of nitrogens with one attached hydrogen (secondary N) is 1. The molecule has 3 aromatic heterocycles. The van der Waals surface area contributed by atoms with E-state index in [1.165, 1.54) is 16.3 Å². The minimum absolute atomic E-state index is 0.123. The van der Waals surface area contributed by atoms with E-state index in [0.29, 0.717) is 24.8 Å². The number of aryl methyl sites for hydroxylation is 1. The van der Waals surface area contributed by atoms with Crippen LogP contribution < -0.4 is 10.9 Å². The first-order valence-corrected chi connectivity index (χ1v) is 10.3. The Morgan fingerprint density at radius 2 is 2.21 bits per heavy atom. The van der Waals surface area contributed by atoms with Crippen LogP contribution in [0.2, 0.25) is 0 Å². The van der Waals surface area contributed by atoms with E-state index in [9.17, 15) is 4.79 Å². The molecule has 5 heterocycles. The van der Waals surface area contributed by atoms with Crippen molar-refractivity contribution in [3.63, 3.8) is 0 Å². The van der Waals surface area contributed by atoms with Gasteiger partial charge in [0.2, 0.25) is 0 Å². The van der Waals surface area contributed by atoms with Gasteiger partial charge in [-0.15, -0.1) is 10.2 Å². The van der Waals surface area contributed by atoms with Gasteiger partial charge in [0.15, 0.2) is 5.82 Å². The molecule has 0 bridgehead atoms. The zero-order valence-electron chi connectivity index (χ0n) is 15.1. The summed E-state index contributed by atoms with van der Waals surface area (Å²) in [5.74, 6) is 3.34. The van der Waals surface area contributed by atoms with E-state index in [4.69, 9.17) is 4.74 Å². The first kappa shape index (κ1) is 17.4. The molecule has 10 heteroatoms. The number of aromatic nitrogens is 6.